The number of nitrogens with zero attached hydrogens (tertiary/aromatic N) is 1. The molecule has 1 saturated heterocycles. The molecule has 106 valence electrons. The molecule has 0 amide bonds. The molecule has 0 aromatic heterocycles. The van der Waals surface area contributed by atoms with Crippen molar-refractivity contribution in [1.82, 2.24) is 5.32 Å². The Morgan fingerprint density at radius 2 is 2.11 bits per heavy atom. The van der Waals surface area contributed by atoms with Gasteiger partial charge < -0.3 is 10.2 Å². The summed E-state index contributed by atoms with van der Waals surface area (Å²) in [5.41, 5.74) is 4.24. The van der Waals surface area contributed by atoms with Crippen molar-refractivity contribution < 1.29 is 0 Å². The number of anilines is 1. The van der Waals surface area contributed by atoms with Gasteiger partial charge >= 0.3 is 0 Å². The second kappa shape index (κ2) is 5.96. The Hall–Kier alpha value is -1.02. The summed E-state index contributed by atoms with van der Waals surface area (Å²) in [6, 6.07) is 7.85. The van der Waals surface area contributed by atoms with E-state index in [1.807, 2.05) is 0 Å². The molecule has 0 aliphatic carbocycles. The summed E-state index contributed by atoms with van der Waals surface area (Å²) < 4.78 is 0. The van der Waals surface area contributed by atoms with E-state index < -0.39 is 0 Å². The van der Waals surface area contributed by atoms with E-state index in [2.05, 4.69) is 63.0 Å². The van der Waals surface area contributed by atoms with Crippen molar-refractivity contribution >= 4 is 5.69 Å². The van der Waals surface area contributed by atoms with Crippen LogP contribution in [0.5, 0.6) is 0 Å². The number of rotatable bonds is 3. The smallest absolute Gasteiger partial charge is 0.0401 e. The van der Waals surface area contributed by atoms with E-state index in [1.165, 1.54) is 23.2 Å². The van der Waals surface area contributed by atoms with Crippen LogP contribution < -0.4 is 10.2 Å². The van der Waals surface area contributed by atoms with E-state index in [1.54, 1.807) is 0 Å². The molecule has 0 spiro atoms. The van der Waals surface area contributed by atoms with Gasteiger partial charge in [0.25, 0.3) is 0 Å². The summed E-state index contributed by atoms with van der Waals surface area (Å²) in [7, 11) is 0. The van der Waals surface area contributed by atoms with Gasteiger partial charge in [-0.2, -0.15) is 0 Å². The molecule has 1 aliphatic rings. The van der Waals surface area contributed by atoms with E-state index in [-0.39, 0.29) is 0 Å². The fourth-order valence-corrected chi connectivity index (χ4v) is 2.94. The summed E-state index contributed by atoms with van der Waals surface area (Å²) in [6.07, 6.45) is 1.24. The maximum atomic E-state index is 3.71. The molecule has 1 aromatic carbocycles. The minimum atomic E-state index is 0.570. The lowest BCUT2D eigenvalue weighted by atomic mass is 9.94. The number of aryl methyl sites for hydroxylation is 1. The van der Waals surface area contributed by atoms with Gasteiger partial charge in [0, 0.05) is 30.9 Å². The van der Waals surface area contributed by atoms with Crippen molar-refractivity contribution in [1.29, 1.82) is 0 Å². The molecule has 0 bridgehead atoms. The van der Waals surface area contributed by atoms with Crippen molar-refractivity contribution in [2.24, 2.45) is 5.92 Å². The van der Waals surface area contributed by atoms with Crippen LogP contribution in [0.3, 0.4) is 0 Å². The van der Waals surface area contributed by atoms with Crippen molar-refractivity contribution in [2.75, 3.05) is 18.0 Å². The molecule has 1 aromatic rings. The van der Waals surface area contributed by atoms with E-state index in [0.717, 1.165) is 19.0 Å². The monoisotopic (exact) mass is 260 g/mol. The Bertz CT molecular complexity index is 427. The predicted octanol–water partition coefficient (Wildman–Crippen LogP) is 3.52. The molecule has 2 nitrogen and oxygen atoms in total. The summed E-state index contributed by atoms with van der Waals surface area (Å²) in [5, 5.41) is 3.71. The summed E-state index contributed by atoms with van der Waals surface area (Å²) in [5.74, 6) is 0.736. The molecular weight excluding hydrogens is 232 g/mol. The molecule has 2 rings (SSSR count). The van der Waals surface area contributed by atoms with Crippen LogP contribution in [-0.2, 0) is 0 Å². The maximum Gasteiger partial charge on any atom is 0.0401 e. The fourth-order valence-electron chi connectivity index (χ4n) is 2.94. The minimum absolute atomic E-state index is 0.570. The molecule has 3 unspecified atom stereocenters. The maximum absolute atomic E-state index is 3.71. The number of piperazine rings is 1. The van der Waals surface area contributed by atoms with Gasteiger partial charge in [-0.15, -0.1) is 0 Å². The third kappa shape index (κ3) is 2.94. The van der Waals surface area contributed by atoms with Gasteiger partial charge in [0.1, 0.15) is 0 Å². The molecule has 0 saturated carbocycles. The lowest BCUT2D eigenvalue weighted by Crippen LogP contribution is -2.57. The molecule has 1 aliphatic heterocycles. The molecule has 1 heterocycles. The quantitative estimate of drug-likeness (QED) is 0.894. The lowest BCUT2D eigenvalue weighted by Gasteiger charge is -2.43. The van der Waals surface area contributed by atoms with Gasteiger partial charge in [-0.3, -0.25) is 0 Å². The van der Waals surface area contributed by atoms with E-state index >= 15 is 0 Å². The van der Waals surface area contributed by atoms with Crippen LogP contribution in [0.4, 0.5) is 5.69 Å². The Morgan fingerprint density at radius 3 is 2.79 bits per heavy atom. The molecule has 0 radical (unpaired) electrons. The topological polar surface area (TPSA) is 15.3 Å². The lowest BCUT2D eigenvalue weighted by molar-refractivity contribution is 0.315. The van der Waals surface area contributed by atoms with Crippen molar-refractivity contribution in [2.45, 2.75) is 53.1 Å². The Morgan fingerprint density at radius 1 is 1.37 bits per heavy atom. The number of hydrogen-bond donors (Lipinski definition) is 1. The highest BCUT2D eigenvalue weighted by molar-refractivity contribution is 5.57. The third-order valence-corrected chi connectivity index (χ3v) is 4.82. The van der Waals surface area contributed by atoms with Gasteiger partial charge in [0.2, 0.25) is 0 Å². The van der Waals surface area contributed by atoms with Crippen LogP contribution in [-0.4, -0.2) is 25.2 Å². The fraction of sp³-hybridized carbons (Fsp3) is 0.647. The van der Waals surface area contributed by atoms with E-state index in [4.69, 9.17) is 0 Å². The highest BCUT2D eigenvalue weighted by atomic mass is 15.2. The largest absolute Gasteiger partial charge is 0.366 e. The zero-order valence-electron chi connectivity index (χ0n) is 13.0. The molecule has 3 atom stereocenters. The van der Waals surface area contributed by atoms with Crippen molar-refractivity contribution in [3.63, 3.8) is 0 Å². The Labute approximate surface area is 118 Å². The SMILES string of the molecule is CCC(C)C1CN(c2cccc(C)c2C)C(C)CN1. The third-order valence-electron chi connectivity index (χ3n) is 4.82. The highest BCUT2D eigenvalue weighted by Gasteiger charge is 2.28. The summed E-state index contributed by atoms with van der Waals surface area (Å²) >= 11 is 0. The van der Waals surface area contributed by atoms with Crippen LogP contribution in [0.1, 0.15) is 38.3 Å². The van der Waals surface area contributed by atoms with Crippen LogP contribution in [0, 0.1) is 19.8 Å². The summed E-state index contributed by atoms with van der Waals surface area (Å²) in [6.45, 7) is 13.6. The first-order chi connectivity index (χ1) is 9.04. The Kier molecular flexibility index (Phi) is 4.51. The van der Waals surface area contributed by atoms with Gasteiger partial charge in [-0.25, -0.2) is 0 Å². The highest BCUT2D eigenvalue weighted by Crippen LogP contribution is 2.27. The molecule has 2 heteroatoms. The minimum Gasteiger partial charge on any atom is -0.366 e. The first kappa shape index (κ1) is 14.4. The first-order valence-electron chi connectivity index (χ1n) is 7.60. The second-order valence-electron chi connectivity index (χ2n) is 6.12. The average molecular weight is 260 g/mol. The Balaban J connectivity index is 2.24. The van der Waals surface area contributed by atoms with Gasteiger partial charge in [0.05, 0.1) is 0 Å². The molecule has 1 fully saturated rings. The second-order valence-corrected chi connectivity index (χ2v) is 6.12. The van der Waals surface area contributed by atoms with Crippen molar-refractivity contribution in [3.8, 4) is 0 Å². The summed E-state index contributed by atoms with van der Waals surface area (Å²) in [4.78, 5) is 2.59. The molecule has 1 N–H and O–H groups in total. The van der Waals surface area contributed by atoms with Crippen molar-refractivity contribution in [3.05, 3.63) is 29.3 Å². The predicted molar refractivity (Wildman–Crippen MR) is 84.0 cm³/mol. The van der Waals surface area contributed by atoms with Crippen LogP contribution in [0.2, 0.25) is 0 Å². The zero-order valence-corrected chi connectivity index (χ0v) is 13.0. The zero-order chi connectivity index (χ0) is 14.0. The van der Waals surface area contributed by atoms with Gasteiger partial charge in [-0.1, -0.05) is 32.4 Å². The van der Waals surface area contributed by atoms with E-state index in [0.29, 0.717) is 12.1 Å². The number of hydrogen-bond acceptors (Lipinski definition) is 2. The molecule has 19 heavy (non-hydrogen) atoms. The first-order valence-corrected chi connectivity index (χ1v) is 7.60. The molecular formula is C17H28N2. The average Bonchev–Trinajstić information content (AvgIpc) is 2.42. The number of nitrogens with one attached hydrogen (secondary N) is 1. The number of benzene rings is 1. The normalized spacial score (nSPS) is 25.4. The van der Waals surface area contributed by atoms with E-state index in [9.17, 15) is 0 Å². The standard InChI is InChI=1S/C17H28N2/c1-6-12(2)16-11-19(14(4)10-18-16)17-9-7-8-13(3)15(17)5/h7-9,12,14,16,18H,6,10-11H2,1-5H3. The van der Waals surface area contributed by atoms with Crippen LogP contribution in [0.15, 0.2) is 18.2 Å². The van der Waals surface area contributed by atoms with Crippen LogP contribution in [0.25, 0.3) is 0 Å². The van der Waals surface area contributed by atoms with Gasteiger partial charge in [0.15, 0.2) is 0 Å². The van der Waals surface area contributed by atoms with Gasteiger partial charge in [-0.05, 0) is 43.9 Å². The van der Waals surface area contributed by atoms with Crippen LogP contribution >= 0.6 is 0 Å².